The first-order chi connectivity index (χ1) is 22.7. The van der Waals surface area contributed by atoms with Gasteiger partial charge >= 0.3 is 0 Å². The van der Waals surface area contributed by atoms with Crippen molar-refractivity contribution in [3.63, 3.8) is 0 Å². The van der Waals surface area contributed by atoms with Gasteiger partial charge in [-0.25, -0.2) is 0 Å². The molecular formula is C42H48O6W. The molecule has 7 heteroatoms. The third-order valence-electron chi connectivity index (χ3n) is 6.20. The molecule has 0 aliphatic rings. The Hall–Kier alpha value is -5.19. The second kappa shape index (κ2) is 24.9. The van der Waals surface area contributed by atoms with Crippen LogP contribution in [0, 0.1) is 41.5 Å². The van der Waals surface area contributed by atoms with Crippen molar-refractivity contribution in [3.05, 3.63) is 179 Å². The molecule has 6 aromatic rings. The number of rotatable bonds is 0. The summed E-state index contributed by atoms with van der Waals surface area (Å²) in [6, 6.07) is 42.6. The van der Waals surface area contributed by atoms with E-state index in [4.69, 9.17) is 30.6 Å². The van der Waals surface area contributed by atoms with E-state index in [1.807, 2.05) is 114 Å². The standard InChI is InChI=1S/6C7H8O.W/c6*1-6-2-4-7(8)5-3-6;/h6*2-5,8H,1H3;. The predicted molar refractivity (Wildman–Crippen MR) is 197 cm³/mol. The van der Waals surface area contributed by atoms with Gasteiger partial charge < -0.3 is 30.6 Å². The largest absolute Gasteiger partial charge is 0.508 e. The van der Waals surface area contributed by atoms with Gasteiger partial charge in [0, 0.05) is 21.1 Å². The van der Waals surface area contributed by atoms with Crippen molar-refractivity contribution in [2.45, 2.75) is 41.5 Å². The van der Waals surface area contributed by atoms with Crippen LogP contribution in [0.15, 0.2) is 146 Å². The topological polar surface area (TPSA) is 121 Å². The van der Waals surface area contributed by atoms with Gasteiger partial charge in [0.2, 0.25) is 0 Å². The minimum Gasteiger partial charge on any atom is -0.508 e. The van der Waals surface area contributed by atoms with E-state index in [1.54, 1.807) is 72.8 Å². The Labute approximate surface area is 305 Å². The second-order valence-electron chi connectivity index (χ2n) is 11.0. The van der Waals surface area contributed by atoms with Gasteiger partial charge in [-0.05, 0) is 114 Å². The molecule has 0 aliphatic heterocycles. The first kappa shape index (κ1) is 43.8. The molecule has 0 aromatic heterocycles. The molecular weight excluding hydrogens is 784 g/mol. The number of aromatic hydroxyl groups is 6. The molecule has 0 atom stereocenters. The molecule has 0 bridgehead atoms. The van der Waals surface area contributed by atoms with Gasteiger partial charge in [0.25, 0.3) is 0 Å². The number of benzene rings is 6. The smallest absolute Gasteiger partial charge is 0.115 e. The Kier molecular flexibility index (Phi) is 22.3. The molecule has 0 saturated heterocycles. The van der Waals surface area contributed by atoms with E-state index in [9.17, 15) is 0 Å². The Morgan fingerprint density at radius 3 is 0.347 bits per heavy atom. The molecule has 0 aliphatic carbocycles. The number of phenols is 6. The summed E-state index contributed by atoms with van der Waals surface area (Å²) in [5.74, 6) is 1.98. The first-order valence-corrected chi connectivity index (χ1v) is 15.3. The van der Waals surface area contributed by atoms with Crippen LogP contribution in [0.2, 0.25) is 0 Å². The predicted octanol–water partition coefficient (Wildman–Crippen LogP) is 10.2. The molecule has 0 radical (unpaired) electrons. The summed E-state index contributed by atoms with van der Waals surface area (Å²) in [5, 5.41) is 52.5. The molecule has 6 nitrogen and oxygen atoms in total. The van der Waals surface area contributed by atoms with Crippen molar-refractivity contribution in [2.75, 3.05) is 0 Å². The fourth-order valence-electron chi connectivity index (χ4n) is 3.27. The van der Waals surface area contributed by atoms with E-state index in [0.717, 1.165) is 0 Å². The maximum absolute atomic E-state index is 8.76. The summed E-state index contributed by atoms with van der Waals surface area (Å²) in [6.45, 7) is 11.9. The molecule has 49 heavy (non-hydrogen) atoms. The van der Waals surface area contributed by atoms with Gasteiger partial charge in [-0.1, -0.05) is 106 Å². The maximum atomic E-state index is 8.76. The molecule has 0 heterocycles. The number of hydrogen-bond donors (Lipinski definition) is 6. The maximum Gasteiger partial charge on any atom is 0.115 e. The molecule has 258 valence electrons. The molecule has 6 aromatic carbocycles. The van der Waals surface area contributed by atoms with Crippen molar-refractivity contribution in [3.8, 4) is 34.5 Å². The minimum absolute atomic E-state index is 0. The molecule has 0 saturated carbocycles. The monoisotopic (exact) mass is 832 g/mol. The molecule has 6 rings (SSSR count). The summed E-state index contributed by atoms with van der Waals surface area (Å²) < 4.78 is 0. The Morgan fingerprint density at radius 1 is 0.204 bits per heavy atom. The molecule has 0 amide bonds. The van der Waals surface area contributed by atoms with E-state index in [1.165, 1.54) is 33.4 Å². The van der Waals surface area contributed by atoms with Crippen LogP contribution in [0.1, 0.15) is 33.4 Å². The van der Waals surface area contributed by atoms with E-state index in [2.05, 4.69) is 0 Å². The molecule has 0 spiro atoms. The van der Waals surface area contributed by atoms with E-state index in [0.29, 0.717) is 34.5 Å². The van der Waals surface area contributed by atoms with Crippen LogP contribution in [0.4, 0.5) is 0 Å². The number of phenolic OH excluding ortho intramolecular Hbond substituents is 6. The summed E-state index contributed by atoms with van der Waals surface area (Å²) in [6.07, 6.45) is 0. The van der Waals surface area contributed by atoms with Crippen LogP contribution in [-0.2, 0) is 21.1 Å². The Morgan fingerprint density at radius 2 is 0.286 bits per heavy atom. The van der Waals surface area contributed by atoms with Crippen LogP contribution in [0.25, 0.3) is 0 Å². The van der Waals surface area contributed by atoms with Crippen LogP contribution in [0.3, 0.4) is 0 Å². The minimum atomic E-state index is 0. The Balaban J connectivity index is 0.000000562. The number of hydrogen-bond acceptors (Lipinski definition) is 6. The third kappa shape index (κ3) is 23.7. The average Bonchev–Trinajstić information content (AvgIpc) is 3.07. The quantitative estimate of drug-likeness (QED) is 0.0907. The van der Waals surface area contributed by atoms with Crippen molar-refractivity contribution >= 4 is 0 Å². The van der Waals surface area contributed by atoms with E-state index < -0.39 is 0 Å². The van der Waals surface area contributed by atoms with Gasteiger partial charge in [-0.3, -0.25) is 0 Å². The summed E-state index contributed by atoms with van der Waals surface area (Å²) in [4.78, 5) is 0. The van der Waals surface area contributed by atoms with Gasteiger partial charge in [0.15, 0.2) is 0 Å². The van der Waals surface area contributed by atoms with Crippen LogP contribution in [-0.4, -0.2) is 30.6 Å². The van der Waals surface area contributed by atoms with Gasteiger partial charge in [0.05, 0.1) is 0 Å². The fraction of sp³-hybridized carbons (Fsp3) is 0.143. The summed E-state index contributed by atoms with van der Waals surface area (Å²) in [7, 11) is 0. The summed E-state index contributed by atoms with van der Waals surface area (Å²) >= 11 is 0. The molecule has 0 unspecified atom stereocenters. The van der Waals surface area contributed by atoms with E-state index >= 15 is 0 Å². The van der Waals surface area contributed by atoms with Gasteiger partial charge in [-0.2, -0.15) is 0 Å². The normalized spacial score (nSPS) is 8.94. The van der Waals surface area contributed by atoms with Crippen molar-refractivity contribution in [1.82, 2.24) is 0 Å². The zero-order valence-corrected chi connectivity index (χ0v) is 31.9. The molecule has 6 N–H and O–H groups in total. The molecule has 0 fully saturated rings. The SMILES string of the molecule is Cc1ccc(O)cc1.Cc1ccc(O)cc1.Cc1ccc(O)cc1.Cc1ccc(O)cc1.Cc1ccc(O)cc1.Cc1ccc(O)cc1.[W]. The summed E-state index contributed by atoms with van der Waals surface area (Å²) in [5.41, 5.74) is 7.02. The van der Waals surface area contributed by atoms with Crippen molar-refractivity contribution in [1.29, 1.82) is 0 Å². The fourth-order valence-corrected chi connectivity index (χ4v) is 3.27. The van der Waals surface area contributed by atoms with Crippen LogP contribution >= 0.6 is 0 Å². The van der Waals surface area contributed by atoms with Gasteiger partial charge in [0.1, 0.15) is 34.5 Å². The van der Waals surface area contributed by atoms with E-state index in [-0.39, 0.29) is 21.1 Å². The van der Waals surface area contributed by atoms with Crippen LogP contribution in [0.5, 0.6) is 34.5 Å². The zero-order chi connectivity index (χ0) is 35.9. The van der Waals surface area contributed by atoms with Gasteiger partial charge in [-0.15, -0.1) is 0 Å². The second-order valence-corrected chi connectivity index (χ2v) is 11.0. The zero-order valence-electron chi connectivity index (χ0n) is 28.9. The first-order valence-electron chi connectivity index (χ1n) is 15.3. The third-order valence-corrected chi connectivity index (χ3v) is 6.20. The Bertz CT molecular complexity index is 1200. The van der Waals surface area contributed by atoms with Crippen molar-refractivity contribution < 1.29 is 51.7 Å². The number of aryl methyl sites for hydroxylation is 6. The average molecular weight is 833 g/mol. The van der Waals surface area contributed by atoms with Crippen molar-refractivity contribution in [2.24, 2.45) is 0 Å². The van der Waals surface area contributed by atoms with Crippen LogP contribution < -0.4 is 0 Å².